The first-order chi connectivity index (χ1) is 13.7. The summed E-state index contributed by atoms with van der Waals surface area (Å²) in [5.74, 6) is 1.89. The number of likely N-dealkylation sites (tertiary alicyclic amines) is 1. The van der Waals surface area contributed by atoms with Crippen LogP contribution >= 0.6 is 0 Å². The maximum atomic E-state index is 12.8. The molecule has 3 rings (SSSR count). The van der Waals surface area contributed by atoms with Gasteiger partial charge < -0.3 is 15.5 Å². The third-order valence-electron chi connectivity index (χ3n) is 6.03. The molecule has 2 fully saturated rings. The van der Waals surface area contributed by atoms with Crippen molar-refractivity contribution < 1.29 is 4.79 Å². The molecule has 1 aliphatic carbocycles. The Bertz CT molecular complexity index is 639. The maximum absolute atomic E-state index is 12.8. The van der Waals surface area contributed by atoms with Crippen LogP contribution in [-0.4, -0.2) is 49.0 Å². The standard InChI is InChI=1S/C23H36N4O/c1-3-24-23(25-16-18(2)19-10-6-4-7-11-19)26-21-14-15-27(17-21)22(28)20-12-8-5-9-13-20/h4,6-7,10-11,18,20-21H,3,5,8-9,12-17H2,1-2H3,(H2,24,25,26). The van der Waals surface area contributed by atoms with Gasteiger partial charge in [-0.1, -0.05) is 56.5 Å². The van der Waals surface area contributed by atoms with Crippen molar-refractivity contribution in [2.24, 2.45) is 10.9 Å². The summed E-state index contributed by atoms with van der Waals surface area (Å²) in [5.41, 5.74) is 1.31. The third-order valence-corrected chi connectivity index (χ3v) is 6.03. The van der Waals surface area contributed by atoms with Crippen molar-refractivity contribution in [1.82, 2.24) is 15.5 Å². The van der Waals surface area contributed by atoms with Crippen molar-refractivity contribution in [2.75, 3.05) is 26.2 Å². The molecule has 1 heterocycles. The van der Waals surface area contributed by atoms with Crippen LogP contribution in [0.15, 0.2) is 35.3 Å². The Morgan fingerprint density at radius 2 is 1.93 bits per heavy atom. The fraction of sp³-hybridized carbons (Fsp3) is 0.652. The topological polar surface area (TPSA) is 56.7 Å². The first kappa shape index (κ1) is 20.7. The smallest absolute Gasteiger partial charge is 0.225 e. The second-order valence-corrected chi connectivity index (χ2v) is 8.28. The van der Waals surface area contributed by atoms with Crippen LogP contribution in [0.25, 0.3) is 0 Å². The van der Waals surface area contributed by atoms with Crippen LogP contribution in [0, 0.1) is 5.92 Å². The van der Waals surface area contributed by atoms with Crippen LogP contribution in [0.5, 0.6) is 0 Å². The average Bonchev–Trinajstić information content (AvgIpc) is 3.21. The Labute approximate surface area is 170 Å². The van der Waals surface area contributed by atoms with Gasteiger partial charge in [-0.05, 0) is 31.7 Å². The molecule has 5 heteroatoms. The minimum atomic E-state index is 0.265. The largest absolute Gasteiger partial charge is 0.357 e. The lowest BCUT2D eigenvalue weighted by Gasteiger charge is -2.26. The van der Waals surface area contributed by atoms with Crippen LogP contribution in [0.2, 0.25) is 0 Å². The molecule has 0 spiro atoms. The fourth-order valence-electron chi connectivity index (χ4n) is 4.31. The van der Waals surface area contributed by atoms with Gasteiger partial charge in [0.2, 0.25) is 5.91 Å². The molecule has 0 aromatic heterocycles. The predicted octanol–water partition coefficient (Wildman–Crippen LogP) is 3.53. The summed E-state index contributed by atoms with van der Waals surface area (Å²) in [7, 11) is 0. The molecule has 2 N–H and O–H groups in total. The molecular weight excluding hydrogens is 348 g/mol. The Kier molecular flexibility index (Phi) is 7.75. The molecular formula is C23H36N4O. The van der Waals surface area contributed by atoms with E-state index in [0.717, 1.165) is 51.4 Å². The zero-order valence-electron chi connectivity index (χ0n) is 17.5. The molecule has 1 saturated heterocycles. The van der Waals surface area contributed by atoms with E-state index in [2.05, 4.69) is 53.6 Å². The number of aliphatic imine (C=N–C) groups is 1. The normalized spacial score (nSPS) is 22.1. The van der Waals surface area contributed by atoms with Crippen LogP contribution < -0.4 is 10.6 Å². The second kappa shape index (κ2) is 10.5. The number of nitrogens with zero attached hydrogens (tertiary/aromatic N) is 2. The van der Waals surface area contributed by atoms with Crippen LogP contribution in [-0.2, 0) is 4.79 Å². The molecule has 0 bridgehead atoms. The average molecular weight is 385 g/mol. The molecule has 1 aromatic rings. The van der Waals surface area contributed by atoms with Crippen LogP contribution in [0.1, 0.15) is 63.9 Å². The molecule has 154 valence electrons. The Hall–Kier alpha value is -2.04. The highest BCUT2D eigenvalue weighted by Crippen LogP contribution is 2.26. The molecule has 1 aromatic carbocycles. The van der Waals surface area contributed by atoms with Crippen molar-refractivity contribution >= 4 is 11.9 Å². The maximum Gasteiger partial charge on any atom is 0.225 e. The summed E-state index contributed by atoms with van der Waals surface area (Å²) in [4.78, 5) is 19.7. The first-order valence-electron chi connectivity index (χ1n) is 11.1. The number of nitrogens with one attached hydrogen (secondary N) is 2. The van der Waals surface area contributed by atoms with Gasteiger partial charge in [0.15, 0.2) is 5.96 Å². The van der Waals surface area contributed by atoms with Crippen LogP contribution in [0.3, 0.4) is 0 Å². The van der Waals surface area contributed by atoms with Gasteiger partial charge in [0.25, 0.3) is 0 Å². The highest BCUT2D eigenvalue weighted by atomic mass is 16.2. The molecule has 2 aliphatic rings. The summed E-state index contributed by atoms with van der Waals surface area (Å²) in [6.07, 6.45) is 6.87. The number of carbonyl (C=O) groups excluding carboxylic acids is 1. The summed E-state index contributed by atoms with van der Waals surface area (Å²) >= 11 is 0. The number of guanidine groups is 1. The van der Waals surface area contributed by atoms with Gasteiger partial charge in [-0.15, -0.1) is 0 Å². The number of carbonyl (C=O) groups is 1. The summed E-state index contributed by atoms with van der Waals surface area (Å²) in [5, 5.41) is 6.92. The summed E-state index contributed by atoms with van der Waals surface area (Å²) in [6.45, 7) is 7.55. The minimum Gasteiger partial charge on any atom is -0.357 e. The molecule has 1 aliphatic heterocycles. The van der Waals surface area contributed by atoms with E-state index in [1.165, 1.54) is 24.8 Å². The van der Waals surface area contributed by atoms with E-state index in [9.17, 15) is 4.79 Å². The van der Waals surface area contributed by atoms with Crippen molar-refractivity contribution in [3.05, 3.63) is 35.9 Å². The lowest BCUT2D eigenvalue weighted by atomic mass is 9.88. The molecule has 0 radical (unpaired) electrons. The first-order valence-corrected chi connectivity index (χ1v) is 11.1. The van der Waals surface area contributed by atoms with E-state index >= 15 is 0 Å². The monoisotopic (exact) mass is 384 g/mol. The number of benzene rings is 1. The number of amides is 1. The molecule has 1 amide bonds. The van der Waals surface area contributed by atoms with Gasteiger partial charge in [-0.25, -0.2) is 0 Å². The Morgan fingerprint density at radius 3 is 2.64 bits per heavy atom. The molecule has 1 saturated carbocycles. The number of rotatable bonds is 6. The zero-order chi connectivity index (χ0) is 19.8. The lowest BCUT2D eigenvalue weighted by Crippen LogP contribution is -2.45. The highest BCUT2D eigenvalue weighted by molar-refractivity contribution is 5.81. The van der Waals surface area contributed by atoms with E-state index in [0.29, 0.717) is 11.8 Å². The fourth-order valence-corrected chi connectivity index (χ4v) is 4.31. The van der Waals surface area contributed by atoms with Gasteiger partial charge in [-0.2, -0.15) is 0 Å². The van der Waals surface area contributed by atoms with Crippen molar-refractivity contribution in [2.45, 2.75) is 64.3 Å². The van der Waals surface area contributed by atoms with E-state index in [1.807, 2.05) is 6.07 Å². The quantitative estimate of drug-likeness (QED) is 0.583. The SMILES string of the molecule is CCNC(=NCC(C)c1ccccc1)NC1CCN(C(=O)C2CCCCC2)C1. The summed E-state index contributed by atoms with van der Waals surface area (Å²) in [6, 6.07) is 10.8. The Morgan fingerprint density at radius 1 is 1.18 bits per heavy atom. The second-order valence-electron chi connectivity index (χ2n) is 8.28. The van der Waals surface area contributed by atoms with E-state index in [-0.39, 0.29) is 12.0 Å². The van der Waals surface area contributed by atoms with Gasteiger partial charge >= 0.3 is 0 Å². The Balaban J connectivity index is 1.52. The third kappa shape index (κ3) is 5.73. The highest BCUT2D eigenvalue weighted by Gasteiger charge is 2.31. The lowest BCUT2D eigenvalue weighted by molar-refractivity contribution is -0.135. The van der Waals surface area contributed by atoms with Crippen molar-refractivity contribution in [3.8, 4) is 0 Å². The number of hydrogen-bond acceptors (Lipinski definition) is 2. The van der Waals surface area contributed by atoms with E-state index in [4.69, 9.17) is 4.99 Å². The summed E-state index contributed by atoms with van der Waals surface area (Å²) < 4.78 is 0. The van der Waals surface area contributed by atoms with Crippen molar-refractivity contribution in [3.63, 3.8) is 0 Å². The predicted molar refractivity (Wildman–Crippen MR) is 116 cm³/mol. The van der Waals surface area contributed by atoms with E-state index in [1.54, 1.807) is 0 Å². The molecule has 5 nitrogen and oxygen atoms in total. The molecule has 2 unspecified atom stereocenters. The van der Waals surface area contributed by atoms with Gasteiger partial charge in [-0.3, -0.25) is 9.79 Å². The van der Waals surface area contributed by atoms with Gasteiger partial charge in [0.05, 0.1) is 0 Å². The van der Waals surface area contributed by atoms with E-state index < -0.39 is 0 Å². The minimum absolute atomic E-state index is 0.265. The number of hydrogen-bond donors (Lipinski definition) is 2. The van der Waals surface area contributed by atoms with Crippen LogP contribution in [0.4, 0.5) is 0 Å². The zero-order valence-corrected chi connectivity index (χ0v) is 17.5. The molecule has 2 atom stereocenters. The van der Waals surface area contributed by atoms with Gasteiger partial charge in [0, 0.05) is 44.1 Å². The van der Waals surface area contributed by atoms with Crippen molar-refractivity contribution in [1.29, 1.82) is 0 Å². The van der Waals surface area contributed by atoms with Gasteiger partial charge in [0.1, 0.15) is 0 Å². The molecule has 28 heavy (non-hydrogen) atoms.